The lowest BCUT2D eigenvalue weighted by Gasteiger charge is -2.36. The Morgan fingerprint density at radius 3 is 2.33 bits per heavy atom. The Balaban J connectivity index is 1.84. The quantitative estimate of drug-likeness (QED) is 0.757. The molecule has 0 aromatic heterocycles. The number of nitrogens with zero attached hydrogens (tertiary/aromatic N) is 1. The van der Waals surface area contributed by atoms with E-state index >= 15 is 0 Å². The number of nitrogens with one attached hydrogen (secondary N) is 1. The normalized spacial score (nSPS) is 29.3. The average molecular weight is 254 g/mol. The van der Waals surface area contributed by atoms with Crippen molar-refractivity contribution in [3.8, 4) is 0 Å². The van der Waals surface area contributed by atoms with Crippen molar-refractivity contribution in [2.24, 2.45) is 11.8 Å². The lowest BCUT2D eigenvalue weighted by Crippen LogP contribution is -2.51. The second-order valence-corrected chi connectivity index (χ2v) is 5.83. The predicted octanol–water partition coefficient (Wildman–Crippen LogP) is 0.698. The molecule has 0 saturated heterocycles. The highest BCUT2D eigenvalue weighted by atomic mass is 16.4. The van der Waals surface area contributed by atoms with Crippen molar-refractivity contribution >= 4 is 11.9 Å². The van der Waals surface area contributed by atoms with E-state index in [9.17, 15) is 9.59 Å². The fraction of sp³-hybridized carbons (Fsp3) is 0.846. The standard InChI is InChI=1S/C13H22N2O3/c1-15(2)13(5-3-4-6-13)8-14-11(16)9-7-10(9)12(17)18/h9-10H,3-8H2,1-2H3,(H,14,16)(H,17,18). The van der Waals surface area contributed by atoms with Gasteiger partial charge >= 0.3 is 5.97 Å². The molecule has 0 bridgehead atoms. The Bertz CT molecular complexity index is 348. The van der Waals surface area contributed by atoms with Crippen molar-refractivity contribution in [3.63, 3.8) is 0 Å². The molecule has 2 unspecified atom stereocenters. The van der Waals surface area contributed by atoms with Crippen molar-refractivity contribution in [1.82, 2.24) is 10.2 Å². The number of rotatable bonds is 5. The fourth-order valence-corrected chi connectivity index (χ4v) is 2.96. The molecule has 2 aliphatic rings. The van der Waals surface area contributed by atoms with Crippen molar-refractivity contribution in [2.45, 2.75) is 37.6 Å². The van der Waals surface area contributed by atoms with Crippen LogP contribution in [0.1, 0.15) is 32.1 Å². The van der Waals surface area contributed by atoms with Gasteiger partial charge in [0, 0.05) is 12.1 Å². The molecule has 2 aliphatic carbocycles. The van der Waals surface area contributed by atoms with E-state index in [0.29, 0.717) is 13.0 Å². The van der Waals surface area contributed by atoms with Gasteiger partial charge in [0.15, 0.2) is 0 Å². The second-order valence-electron chi connectivity index (χ2n) is 5.83. The molecule has 0 heterocycles. The van der Waals surface area contributed by atoms with Crippen LogP contribution in [-0.2, 0) is 9.59 Å². The molecule has 102 valence electrons. The van der Waals surface area contributed by atoms with Gasteiger partial charge in [-0.3, -0.25) is 9.59 Å². The lowest BCUT2D eigenvalue weighted by molar-refractivity contribution is -0.140. The Morgan fingerprint density at radius 1 is 1.28 bits per heavy atom. The maximum absolute atomic E-state index is 11.8. The number of carboxylic acid groups (broad SMARTS) is 1. The molecule has 2 atom stereocenters. The van der Waals surface area contributed by atoms with Gasteiger partial charge in [-0.15, -0.1) is 0 Å². The lowest BCUT2D eigenvalue weighted by atomic mass is 9.96. The summed E-state index contributed by atoms with van der Waals surface area (Å²) in [5, 5.41) is 11.8. The first-order valence-electron chi connectivity index (χ1n) is 6.64. The molecule has 2 saturated carbocycles. The zero-order valence-electron chi connectivity index (χ0n) is 11.1. The smallest absolute Gasteiger partial charge is 0.307 e. The molecule has 1 amide bonds. The monoisotopic (exact) mass is 254 g/mol. The van der Waals surface area contributed by atoms with Crippen molar-refractivity contribution in [2.75, 3.05) is 20.6 Å². The van der Waals surface area contributed by atoms with Gasteiger partial charge < -0.3 is 15.3 Å². The van der Waals surface area contributed by atoms with Gasteiger partial charge in [-0.25, -0.2) is 0 Å². The largest absolute Gasteiger partial charge is 0.481 e. The number of hydrogen-bond acceptors (Lipinski definition) is 3. The molecule has 0 radical (unpaired) electrons. The van der Waals surface area contributed by atoms with E-state index in [2.05, 4.69) is 24.3 Å². The Hall–Kier alpha value is -1.10. The first-order valence-corrected chi connectivity index (χ1v) is 6.64. The molecule has 18 heavy (non-hydrogen) atoms. The summed E-state index contributed by atoms with van der Waals surface area (Å²) >= 11 is 0. The zero-order valence-corrected chi connectivity index (χ0v) is 11.1. The van der Waals surface area contributed by atoms with Gasteiger partial charge in [-0.05, 0) is 33.4 Å². The first kappa shape index (κ1) is 13.3. The highest BCUT2D eigenvalue weighted by molar-refractivity contribution is 5.89. The molecule has 5 heteroatoms. The van der Waals surface area contributed by atoms with E-state index < -0.39 is 11.9 Å². The number of amides is 1. The number of carbonyl (C=O) groups is 2. The highest BCUT2D eigenvalue weighted by Crippen LogP contribution is 2.39. The number of likely N-dealkylation sites (N-methyl/N-ethyl adjacent to an activating group) is 1. The summed E-state index contributed by atoms with van der Waals surface area (Å²) in [7, 11) is 4.10. The first-order chi connectivity index (χ1) is 8.46. The summed E-state index contributed by atoms with van der Waals surface area (Å²) in [5.74, 6) is -1.69. The third kappa shape index (κ3) is 2.51. The van der Waals surface area contributed by atoms with Gasteiger partial charge in [-0.2, -0.15) is 0 Å². The van der Waals surface area contributed by atoms with Crippen LogP contribution in [0.5, 0.6) is 0 Å². The van der Waals surface area contributed by atoms with Crippen LogP contribution in [0.25, 0.3) is 0 Å². The van der Waals surface area contributed by atoms with Crippen LogP contribution < -0.4 is 5.32 Å². The van der Waals surface area contributed by atoms with Gasteiger partial charge in [0.1, 0.15) is 0 Å². The number of hydrogen-bond donors (Lipinski definition) is 2. The second kappa shape index (κ2) is 4.88. The number of carbonyl (C=O) groups excluding carboxylic acids is 1. The summed E-state index contributed by atoms with van der Waals surface area (Å²) in [5.41, 5.74) is 0.0727. The van der Waals surface area contributed by atoms with Crippen LogP contribution in [0, 0.1) is 11.8 Å². The molecular formula is C13H22N2O3. The Morgan fingerprint density at radius 2 is 1.89 bits per heavy atom. The number of carboxylic acids is 1. The molecule has 0 aliphatic heterocycles. The molecule has 0 aromatic rings. The van der Waals surface area contributed by atoms with Crippen LogP contribution >= 0.6 is 0 Å². The van der Waals surface area contributed by atoms with E-state index in [1.165, 1.54) is 12.8 Å². The predicted molar refractivity (Wildman–Crippen MR) is 67.1 cm³/mol. The minimum absolute atomic E-state index is 0.0727. The Kier molecular flexibility index (Phi) is 3.61. The average Bonchev–Trinajstić information content (AvgIpc) is 2.98. The maximum Gasteiger partial charge on any atom is 0.307 e. The summed E-state index contributed by atoms with van der Waals surface area (Å²) in [6.45, 7) is 0.641. The molecule has 0 spiro atoms. The van der Waals surface area contributed by atoms with Crippen molar-refractivity contribution < 1.29 is 14.7 Å². The topological polar surface area (TPSA) is 69.6 Å². The van der Waals surface area contributed by atoms with Crippen molar-refractivity contribution in [3.05, 3.63) is 0 Å². The van der Waals surface area contributed by atoms with Crippen LogP contribution in [0.3, 0.4) is 0 Å². The van der Waals surface area contributed by atoms with Gasteiger partial charge in [0.2, 0.25) is 5.91 Å². The summed E-state index contributed by atoms with van der Waals surface area (Å²) in [6.07, 6.45) is 5.11. The van der Waals surface area contributed by atoms with E-state index in [1.54, 1.807) is 0 Å². The summed E-state index contributed by atoms with van der Waals surface area (Å²) < 4.78 is 0. The third-order valence-corrected chi connectivity index (χ3v) is 4.52. The fourth-order valence-electron chi connectivity index (χ4n) is 2.96. The SMILES string of the molecule is CN(C)C1(CNC(=O)C2CC2C(=O)O)CCCC1. The van der Waals surface area contributed by atoms with Crippen molar-refractivity contribution in [1.29, 1.82) is 0 Å². The van der Waals surface area contributed by atoms with E-state index in [4.69, 9.17) is 5.11 Å². The minimum Gasteiger partial charge on any atom is -0.481 e. The summed E-state index contributed by atoms with van der Waals surface area (Å²) in [4.78, 5) is 24.8. The van der Waals surface area contributed by atoms with Crippen LogP contribution in [0.2, 0.25) is 0 Å². The maximum atomic E-state index is 11.8. The van der Waals surface area contributed by atoms with E-state index in [0.717, 1.165) is 12.8 Å². The van der Waals surface area contributed by atoms with Crippen LogP contribution in [-0.4, -0.2) is 48.1 Å². The van der Waals surface area contributed by atoms with E-state index in [-0.39, 0.29) is 17.4 Å². The van der Waals surface area contributed by atoms with Gasteiger partial charge in [0.05, 0.1) is 11.8 Å². The van der Waals surface area contributed by atoms with Crippen LogP contribution in [0.15, 0.2) is 0 Å². The zero-order chi connectivity index (χ0) is 13.3. The van der Waals surface area contributed by atoms with Gasteiger partial charge in [-0.1, -0.05) is 12.8 Å². The molecule has 0 aromatic carbocycles. The van der Waals surface area contributed by atoms with E-state index in [1.807, 2.05) is 0 Å². The van der Waals surface area contributed by atoms with Gasteiger partial charge in [0.25, 0.3) is 0 Å². The minimum atomic E-state index is -0.849. The third-order valence-electron chi connectivity index (χ3n) is 4.52. The van der Waals surface area contributed by atoms with Crippen LogP contribution in [0.4, 0.5) is 0 Å². The summed E-state index contributed by atoms with van der Waals surface area (Å²) in [6, 6.07) is 0. The molecule has 5 nitrogen and oxygen atoms in total. The Labute approximate surface area is 108 Å². The molecule has 2 N–H and O–H groups in total. The molecule has 2 rings (SSSR count). The molecule has 2 fully saturated rings. The molecular weight excluding hydrogens is 232 g/mol. The number of aliphatic carboxylic acids is 1. The highest BCUT2D eigenvalue weighted by Gasteiger charge is 2.48.